The Kier molecular flexibility index (Phi) is 8.83. The third-order valence-electron chi connectivity index (χ3n) is 3.73. The number of hydrogen-bond acceptors (Lipinski definition) is 2. The second kappa shape index (κ2) is 10.6. The molecule has 1 aromatic rings. The van der Waals surface area contributed by atoms with Crippen molar-refractivity contribution in [1.29, 1.82) is 0 Å². The van der Waals surface area contributed by atoms with E-state index < -0.39 is 0 Å². The second-order valence-electron chi connectivity index (χ2n) is 5.53. The molecule has 5 nitrogen and oxygen atoms in total. The highest BCUT2D eigenvalue weighted by Crippen LogP contribution is 2.06. The molecule has 0 bridgehead atoms. The molecule has 134 valence electrons. The monoisotopic (exact) mass is 336 g/mol. The Morgan fingerprint density at radius 2 is 1.79 bits per heavy atom. The Labute approximate surface area is 144 Å². The molecule has 0 heterocycles. The van der Waals surface area contributed by atoms with Crippen LogP contribution in [0.25, 0.3) is 0 Å². The number of aliphatic imine (C=N–C) groups is 1. The van der Waals surface area contributed by atoms with Gasteiger partial charge < -0.3 is 15.1 Å². The molecule has 0 saturated heterocycles. The Morgan fingerprint density at radius 3 is 2.33 bits per heavy atom. The zero-order valence-electron chi connectivity index (χ0n) is 15.2. The molecule has 0 unspecified atom stereocenters. The van der Waals surface area contributed by atoms with Crippen molar-refractivity contribution >= 4 is 11.9 Å². The van der Waals surface area contributed by atoms with Crippen molar-refractivity contribution in [1.82, 2.24) is 15.1 Å². The van der Waals surface area contributed by atoms with E-state index in [0.29, 0.717) is 19.5 Å². The molecule has 0 aliphatic carbocycles. The first-order valence-electron chi connectivity index (χ1n) is 8.53. The molecule has 0 spiro atoms. The summed E-state index contributed by atoms with van der Waals surface area (Å²) < 4.78 is 13.0. The molecule has 6 heteroatoms. The molecule has 0 fully saturated rings. The van der Waals surface area contributed by atoms with Gasteiger partial charge in [0.1, 0.15) is 5.82 Å². The average molecular weight is 336 g/mol. The summed E-state index contributed by atoms with van der Waals surface area (Å²) in [6.07, 6.45) is 0.404. The fourth-order valence-electron chi connectivity index (χ4n) is 2.40. The van der Waals surface area contributed by atoms with Crippen LogP contribution in [-0.4, -0.2) is 54.9 Å². The predicted octanol–water partition coefficient (Wildman–Crippen LogP) is 2.48. The van der Waals surface area contributed by atoms with Crippen LogP contribution in [0.15, 0.2) is 29.3 Å². The molecule has 0 aromatic heterocycles. The van der Waals surface area contributed by atoms with Gasteiger partial charge in [-0.15, -0.1) is 0 Å². The number of benzene rings is 1. The number of carbonyl (C=O) groups excluding carboxylic acids is 1. The molecule has 1 N–H and O–H groups in total. The van der Waals surface area contributed by atoms with Crippen molar-refractivity contribution < 1.29 is 9.18 Å². The van der Waals surface area contributed by atoms with E-state index in [2.05, 4.69) is 10.3 Å². The third-order valence-corrected chi connectivity index (χ3v) is 3.73. The summed E-state index contributed by atoms with van der Waals surface area (Å²) in [6.45, 7) is 9.23. The summed E-state index contributed by atoms with van der Waals surface area (Å²) in [6, 6.07) is 6.44. The summed E-state index contributed by atoms with van der Waals surface area (Å²) in [7, 11) is 1.93. The van der Waals surface area contributed by atoms with Crippen LogP contribution < -0.4 is 5.32 Å². The highest BCUT2D eigenvalue weighted by molar-refractivity contribution is 5.80. The van der Waals surface area contributed by atoms with E-state index in [0.717, 1.165) is 31.2 Å². The Balaban J connectivity index is 2.63. The van der Waals surface area contributed by atoms with E-state index >= 15 is 0 Å². The minimum Gasteiger partial charge on any atom is -0.357 e. The van der Waals surface area contributed by atoms with Gasteiger partial charge in [-0.25, -0.2) is 4.39 Å². The second-order valence-corrected chi connectivity index (χ2v) is 5.53. The van der Waals surface area contributed by atoms with Crippen LogP contribution in [0.4, 0.5) is 4.39 Å². The molecule has 1 amide bonds. The largest absolute Gasteiger partial charge is 0.357 e. The van der Waals surface area contributed by atoms with Crippen LogP contribution in [-0.2, 0) is 11.3 Å². The Morgan fingerprint density at radius 1 is 1.17 bits per heavy atom. The average Bonchev–Trinajstić information content (AvgIpc) is 2.57. The topological polar surface area (TPSA) is 47.9 Å². The molecule has 0 atom stereocenters. The number of nitrogens with zero attached hydrogens (tertiary/aromatic N) is 3. The van der Waals surface area contributed by atoms with Gasteiger partial charge in [0.15, 0.2) is 5.96 Å². The first-order chi connectivity index (χ1) is 11.5. The smallest absolute Gasteiger partial charge is 0.224 e. The van der Waals surface area contributed by atoms with Crippen molar-refractivity contribution in [2.45, 2.75) is 33.7 Å². The highest BCUT2D eigenvalue weighted by atomic mass is 19.1. The highest BCUT2D eigenvalue weighted by Gasteiger charge is 2.10. The molecule has 1 aromatic carbocycles. The van der Waals surface area contributed by atoms with Gasteiger partial charge >= 0.3 is 0 Å². The number of halogens is 1. The van der Waals surface area contributed by atoms with Gasteiger partial charge in [0.25, 0.3) is 0 Å². The van der Waals surface area contributed by atoms with Crippen LogP contribution in [0.2, 0.25) is 0 Å². The quantitative estimate of drug-likeness (QED) is 0.586. The number of hydrogen-bond donors (Lipinski definition) is 1. The van der Waals surface area contributed by atoms with Crippen LogP contribution in [0, 0.1) is 5.82 Å². The summed E-state index contributed by atoms with van der Waals surface area (Å²) in [5.41, 5.74) is 1.00. The first kappa shape index (κ1) is 19.9. The van der Waals surface area contributed by atoms with Crippen molar-refractivity contribution in [3.8, 4) is 0 Å². The van der Waals surface area contributed by atoms with E-state index in [4.69, 9.17) is 0 Å². The zero-order chi connectivity index (χ0) is 17.9. The van der Waals surface area contributed by atoms with Crippen molar-refractivity contribution in [3.63, 3.8) is 0 Å². The van der Waals surface area contributed by atoms with Gasteiger partial charge in [0, 0.05) is 39.6 Å². The van der Waals surface area contributed by atoms with Gasteiger partial charge in [0.2, 0.25) is 5.91 Å². The van der Waals surface area contributed by atoms with Gasteiger partial charge in [-0.2, -0.15) is 0 Å². The van der Waals surface area contributed by atoms with Crippen LogP contribution in [0.1, 0.15) is 32.8 Å². The molecule has 0 aliphatic heterocycles. The molecular weight excluding hydrogens is 307 g/mol. The van der Waals surface area contributed by atoms with E-state index in [1.807, 2.05) is 37.6 Å². The van der Waals surface area contributed by atoms with Crippen molar-refractivity contribution in [3.05, 3.63) is 35.6 Å². The van der Waals surface area contributed by atoms with E-state index in [1.165, 1.54) is 12.1 Å². The predicted molar refractivity (Wildman–Crippen MR) is 96.4 cm³/mol. The minimum absolute atomic E-state index is 0.126. The standard InChI is InChI=1S/C18H29FN4O/c1-5-20-18(21-13-12-17(24)23(6-2)7-3)22(4)14-15-8-10-16(19)11-9-15/h8-11H,5-7,12-14H2,1-4H3,(H,20,21). The van der Waals surface area contributed by atoms with Crippen LogP contribution in [0.3, 0.4) is 0 Å². The van der Waals surface area contributed by atoms with Gasteiger partial charge in [-0.3, -0.25) is 9.79 Å². The lowest BCUT2D eigenvalue weighted by molar-refractivity contribution is -0.130. The fraction of sp³-hybridized carbons (Fsp3) is 0.556. The van der Waals surface area contributed by atoms with Crippen LogP contribution in [0.5, 0.6) is 0 Å². The molecule has 0 saturated carbocycles. The molecule has 0 radical (unpaired) electrons. The molecule has 0 aliphatic rings. The summed E-state index contributed by atoms with van der Waals surface area (Å²) in [5.74, 6) is 0.631. The van der Waals surface area contributed by atoms with Crippen LogP contribution >= 0.6 is 0 Å². The van der Waals surface area contributed by atoms with Gasteiger partial charge in [0.05, 0.1) is 6.54 Å². The number of amides is 1. The summed E-state index contributed by atoms with van der Waals surface area (Å²) in [4.78, 5) is 20.3. The maximum absolute atomic E-state index is 13.0. The number of rotatable bonds is 8. The lowest BCUT2D eigenvalue weighted by atomic mass is 10.2. The number of guanidine groups is 1. The third kappa shape index (κ3) is 6.56. The Bertz CT molecular complexity index is 526. The maximum Gasteiger partial charge on any atom is 0.224 e. The van der Waals surface area contributed by atoms with E-state index in [-0.39, 0.29) is 11.7 Å². The first-order valence-corrected chi connectivity index (χ1v) is 8.53. The lowest BCUT2D eigenvalue weighted by Gasteiger charge is -2.22. The number of nitrogens with one attached hydrogen (secondary N) is 1. The summed E-state index contributed by atoms with van der Waals surface area (Å²) in [5, 5.41) is 3.22. The summed E-state index contributed by atoms with van der Waals surface area (Å²) >= 11 is 0. The number of carbonyl (C=O) groups is 1. The van der Waals surface area contributed by atoms with Crippen molar-refractivity contribution in [2.75, 3.05) is 33.2 Å². The molecular formula is C18H29FN4O. The van der Waals surface area contributed by atoms with E-state index in [9.17, 15) is 9.18 Å². The fourth-order valence-corrected chi connectivity index (χ4v) is 2.40. The van der Waals surface area contributed by atoms with E-state index in [1.54, 1.807) is 12.1 Å². The SMILES string of the molecule is CCNC(=NCCC(=O)N(CC)CC)N(C)Cc1ccc(F)cc1. The maximum atomic E-state index is 13.0. The zero-order valence-corrected chi connectivity index (χ0v) is 15.2. The Hall–Kier alpha value is -2.11. The molecule has 1 rings (SSSR count). The molecule has 24 heavy (non-hydrogen) atoms. The van der Waals surface area contributed by atoms with Crippen molar-refractivity contribution in [2.24, 2.45) is 4.99 Å². The normalized spacial score (nSPS) is 11.3. The van der Waals surface area contributed by atoms with Gasteiger partial charge in [-0.05, 0) is 38.5 Å². The minimum atomic E-state index is -0.239. The lowest BCUT2D eigenvalue weighted by Crippen LogP contribution is -2.39. The van der Waals surface area contributed by atoms with Gasteiger partial charge in [-0.1, -0.05) is 12.1 Å².